The first-order valence-electron chi connectivity index (χ1n) is 12.0. The molecule has 1 aliphatic rings. The molecule has 0 bridgehead atoms. The van der Waals surface area contributed by atoms with Gasteiger partial charge in [0.15, 0.2) is 0 Å². The molecule has 0 atom stereocenters. The Kier molecular flexibility index (Phi) is 7.11. The molecule has 190 valence electrons. The molecule has 2 aromatic heterocycles. The van der Waals surface area contributed by atoms with Gasteiger partial charge >= 0.3 is 0 Å². The number of rotatable bonds is 7. The van der Waals surface area contributed by atoms with Crippen LogP contribution in [0, 0.1) is 0 Å². The molecule has 0 saturated carbocycles. The number of hydrogen-bond donors (Lipinski definition) is 3. The second-order valence-corrected chi connectivity index (χ2v) is 9.91. The van der Waals surface area contributed by atoms with Crippen molar-refractivity contribution in [3.63, 3.8) is 0 Å². The summed E-state index contributed by atoms with van der Waals surface area (Å²) >= 11 is 3.55. The van der Waals surface area contributed by atoms with Crippen molar-refractivity contribution in [2.45, 2.75) is 0 Å². The number of piperazine rings is 1. The van der Waals surface area contributed by atoms with Crippen molar-refractivity contribution in [1.29, 1.82) is 0 Å². The number of nitrogens with one attached hydrogen (secondary N) is 3. The first-order valence-corrected chi connectivity index (χ1v) is 12.8. The summed E-state index contributed by atoms with van der Waals surface area (Å²) < 4.78 is 2.83. The van der Waals surface area contributed by atoms with Gasteiger partial charge in [0.2, 0.25) is 11.9 Å². The number of hydrogen-bond acceptors (Lipinski definition) is 7. The summed E-state index contributed by atoms with van der Waals surface area (Å²) in [5.41, 5.74) is 4.50. The Morgan fingerprint density at radius 3 is 2.57 bits per heavy atom. The van der Waals surface area contributed by atoms with E-state index in [1.54, 1.807) is 6.20 Å². The van der Waals surface area contributed by atoms with Gasteiger partial charge in [-0.1, -0.05) is 12.6 Å². The SMILES string of the molecule is C=CC(=O)Nc1cc(Nc2ncc(Br)c(Nc3ccc4ccn(C)c4c3)n2)ccc1N1CCN(C)CC1. The first kappa shape index (κ1) is 24.8. The number of fused-ring (bicyclic) bond motifs is 1. The predicted octanol–water partition coefficient (Wildman–Crippen LogP) is 5.09. The molecule has 1 fully saturated rings. The van der Waals surface area contributed by atoms with E-state index in [2.05, 4.69) is 88.0 Å². The van der Waals surface area contributed by atoms with Crippen LogP contribution in [0.25, 0.3) is 10.9 Å². The highest BCUT2D eigenvalue weighted by molar-refractivity contribution is 9.10. The quantitative estimate of drug-likeness (QED) is 0.271. The number of benzene rings is 2. The van der Waals surface area contributed by atoms with Gasteiger partial charge in [-0.15, -0.1) is 0 Å². The molecule has 0 unspecified atom stereocenters. The van der Waals surface area contributed by atoms with E-state index in [-0.39, 0.29) is 5.91 Å². The lowest BCUT2D eigenvalue weighted by molar-refractivity contribution is -0.111. The number of likely N-dealkylation sites (N-methyl/N-ethyl adjacent to an activating group) is 1. The normalized spacial score (nSPS) is 14.0. The van der Waals surface area contributed by atoms with E-state index in [1.807, 2.05) is 37.5 Å². The summed E-state index contributed by atoms with van der Waals surface area (Å²) in [4.78, 5) is 25.8. The van der Waals surface area contributed by atoms with Crippen LogP contribution in [0.2, 0.25) is 0 Å². The van der Waals surface area contributed by atoms with E-state index < -0.39 is 0 Å². The fourth-order valence-electron chi connectivity index (χ4n) is 4.34. The number of halogens is 1. The fourth-order valence-corrected chi connectivity index (χ4v) is 4.63. The van der Waals surface area contributed by atoms with Crippen LogP contribution in [0.3, 0.4) is 0 Å². The Bertz CT molecular complexity index is 1460. The van der Waals surface area contributed by atoms with Gasteiger partial charge < -0.3 is 30.3 Å². The molecule has 0 aliphatic carbocycles. The van der Waals surface area contributed by atoms with E-state index in [1.165, 1.54) is 11.5 Å². The van der Waals surface area contributed by atoms with Crippen LogP contribution in [-0.4, -0.2) is 58.6 Å². The highest BCUT2D eigenvalue weighted by Gasteiger charge is 2.18. The third kappa shape index (κ3) is 5.60. The van der Waals surface area contributed by atoms with Gasteiger partial charge in [-0.3, -0.25) is 4.79 Å². The molecule has 4 aromatic rings. The smallest absolute Gasteiger partial charge is 0.247 e. The van der Waals surface area contributed by atoms with Crippen molar-refractivity contribution in [3.8, 4) is 0 Å². The lowest BCUT2D eigenvalue weighted by atomic mass is 10.2. The van der Waals surface area contributed by atoms with Crippen LogP contribution >= 0.6 is 15.9 Å². The maximum Gasteiger partial charge on any atom is 0.247 e. The van der Waals surface area contributed by atoms with E-state index in [4.69, 9.17) is 0 Å². The minimum absolute atomic E-state index is 0.255. The number of nitrogens with zero attached hydrogens (tertiary/aromatic N) is 5. The summed E-state index contributed by atoms with van der Waals surface area (Å²) in [7, 11) is 4.14. The van der Waals surface area contributed by atoms with Crippen molar-refractivity contribution in [2.75, 3.05) is 54.1 Å². The van der Waals surface area contributed by atoms with Crippen molar-refractivity contribution >= 4 is 67.3 Å². The number of amides is 1. The molecule has 9 nitrogen and oxygen atoms in total. The minimum atomic E-state index is -0.255. The molecule has 1 aliphatic heterocycles. The maximum absolute atomic E-state index is 12.2. The maximum atomic E-state index is 12.2. The van der Waals surface area contributed by atoms with Gasteiger partial charge in [-0.2, -0.15) is 4.98 Å². The molecule has 1 saturated heterocycles. The lowest BCUT2D eigenvalue weighted by Crippen LogP contribution is -2.44. The number of aryl methyl sites for hydroxylation is 1. The molecular formula is C27H29BrN8O. The van der Waals surface area contributed by atoms with E-state index >= 15 is 0 Å². The molecule has 37 heavy (non-hydrogen) atoms. The fraction of sp³-hybridized carbons (Fsp3) is 0.222. The summed E-state index contributed by atoms with van der Waals surface area (Å²) in [6, 6.07) is 14.2. The summed E-state index contributed by atoms with van der Waals surface area (Å²) in [6.45, 7) is 7.30. The van der Waals surface area contributed by atoms with Crippen LogP contribution in [0.4, 0.5) is 34.5 Å². The van der Waals surface area contributed by atoms with Crippen molar-refractivity contribution in [1.82, 2.24) is 19.4 Å². The average molecular weight is 561 g/mol. The Hall–Kier alpha value is -3.89. The van der Waals surface area contributed by atoms with Gasteiger partial charge in [0, 0.05) is 62.5 Å². The predicted molar refractivity (Wildman–Crippen MR) is 154 cm³/mol. The molecule has 0 spiro atoms. The van der Waals surface area contributed by atoms with Crippen molar-refractivity contribution < 1.29 is 4.79 Å². The highest BCUT2D eigenvalue weighted by atomic mass is 79.9. The van der Waals surface area contributed by atoms with Gasteiger partial charge in [0.05, 0.1) is 15.8 Å². The van der Waals surface area contributed by atoms with Gasteiger partial charge in [-0.25, -0.2) is 4.98 Å². The van der Waals surface area contributed by atoms with E-state index in [0.29, 0.717) is 17.5 Å². The number of aromatic nitrogens is 3. The molecule has 0 radical (unpaired) electrons. The Morgan fingerprint density at radius 2 is 1.78 bits per heavy atom. The van der Waals surface area contributed by atoms with Crippen LogP contribution in [0.15, 0.2) is 72.0 Å². The molecule has 10 heteroatoms. The summed E-state index contributed by atoms with van der Waals surface area (Å²) in [6.07, 6.45) is 5.02. The van der Waals surface area contributed by atoms with Crippen LogP contribution in [-0.2, 0) is 11.8 Å². The monoisotopic (exact) mass is 560 g/mol. The zero-order chi connectivity index (χ0) is 25.9. The number of anilines is 6. The molecular weight excluding hydrogens is 532 g/mol. The average Bonchev–Trinajstić information content (AvgIpc) is 3.27. The molecule has 5 rings (SSSR count). The first-order chi connectivity index (χ1) is 17.9. The van der Waals surface area contributed by atoms with E-state index in [0.717, 1.165) is 53.2 Å². The third-order valence-corrected chi connectivity index (χ3v) is 7.02. The standard InChI is InChI=1S/C27H29BrN8O/c1-4-25(37)32-22-15-19(7-8-23(22)36-13-11-34(2)12-14-36)31-27-29-17-21(28)26(33-27)30-20-6-5-18-9-10-35(3)24(18)16-20/h4-10,15-17H,1,11-14H2,2-3H3,(H,32,37)(H2,29,30,31,33). The van der Waals surface area contributed by atoms with Crippen LogP contribution in [0.5, 0.6) is 0 Å². The molecule has 1 amide bonds. The Labute approximate surface area is 224 Å². The molecule has 3 N–H and O–H groups in total. The van der Waals surface area contributed by atoms with E-state index in [9.17, 15) is 4.79 Å². The molecule has 3 heterocycles. The Balaban J connectivity index is 1.39. The lowest BCUT2D eigenvalue weighted by Gasteiger charge is -2.35. The van der Waals surface area contributed by atoms with Crippen LogP contribution in [0.1, 0.15) is 0 Å². The largest absolute Gasteiger partial charge is 0.367 e. The van der Waals surface area contributed by atoms with Crippen LogP contribution < -0.4 is 20.9 Å². The summed E-state index contributed by atoms with van der Waals surface area (Å²) in [5.74, 6) is 0.813. The third-order valence-electron chi connectivity index (χ3n) is 6.43. The van der Waals surface area contributed by atoms with Crippen molar-refractivity contribution in [3.05, 3.63) is 72.0 Å². The second kappa shape index (κ2) is 10.6. The zero-order valence-electron chi connectivity index (χ0n) is 20.8. The highest BCUT2D eigenvalue weighted by Crippen LogP contribution is 2.32. The zero-order valence-corrected chi connectivity index (χ0v) is 22.4. The minimum Gasteiger partial charge on any atom is -0.367 e. The molecule has 2 aromatic carbocycles. The summed E-state index contributed by atoms with van der Waals surface area (Å²) in [5, 5.41) is 10.8. The Morgan fingerprint density at radius 1 is 1.03 bits per heavy atom. The van der Waals surface area contributed by atoms with Gasteiger partial charge in [-0.05, 0) is 70.8 Å². The topological polar surface area (TPSA) is 90.3 Å². The second-order valence-electron chi connectivity index (χ2n) is 9.06. The van der Waals surface area contributed by atoms with Crippen molar-refractivity contribution in [2.24, 2.45) is 7.05 Å². The number of carbonyl (C=O) groups excluding carboxylic acids is 1. The van der Waals surface area contributed by atoms with Gasteiger partial charge in [0.25, 0.3) is 0 Å². The number of carbonyl (C=O) groups is 1. The van der Waals surface area contributed by atoms with Gasteiger partial charge in [0.1, 0.15) is 5.82 Å².